The predicted molar refractivity (Wildman–Crippen MR) is 146 cm³/mol. The molecule has 5 nitrogen and oxygen atoms in total. The Kier molecular flexibility index (Phi) is 5.88. The third-order valence-corrected chi connectivity index (χ3v) is 12.7. The van der Waals surface area contributed by atoms with Crippen LogP contribution in [0, 0.1) is 39.9 Å². The SMILES string of the molecule is CCc1ccc(CC2CCC3(CCC4CC5C6C(O)=CC(OC)C6(O)C4(C)C53C)C2)cc1NCC(C)O. The largest absolute Gasteiger partial charge is 0.512 e. The van der Waals surface area contributed by atoms with Gasteiger partial charge in [-0.2, -0.15) is 0 Å². The van der Waals surface area contributed by atoms with Crippen molar-refractivity contribution >= 4 is 5.69 Å². The molecule has 0 aromatic heterocycles. The number of methoxy groups -OCH3 is 1. The van der Waals surface area contributed by atoms with Crippen molar-refractivity contribution in [1.29, 1.82) is 0 Å². The standard InChI is InChI=1S/C32H47NO4/c1-6-22-8-7-20(14-25(22)33-18-19(2)34)13-21-9-11-31(17-21)12-10-23-15-24-28-26(35)16-27(37-5)32(28,36)29(23,3)30(24,31)4/h7-8,14,16,19,21,23-24,27-28,33-36H,6,9-13,15,17-18H2,1-5H3. The van der Waals surface area contributed by atoms with Crippen molar-refractivity contribution in [3.63, 3.8) is 0 Å². The van der Waals surface area contributed by atoms with Gasteiger partial charge in [-0.15, -0.1) is 0 Å². The number of nitrogens with one attached hydrogen (secondary N) is 1. The number of aliphatic hydroxyl groups excluding tert-OH is 2. The van der Waals surface area contributed by atoms with Gasteiger partial charge < -0.3 is 25.4 Å². The van der Waals surface area contributed by atoms with E-state index in [0.29, 0.717) is 30.1 Å². The molecule has 1 aromatic rings. The molecule has 0 saturated heterocycles. The Bertz CT molecular complexity index is 1100. The van der Waals surface area contributed by atoms with E-state index in [0.717, 1.165) is 24.9 Å². The number of aryl methyl sites for hydroxylation is 1. The molecule has 4 N–H and O–H groups in total. The molecule has 5 aliphatic carbocycles. The first-order valence-electron chi connectivity index (χ1n) is 14.7. The van der Waals surface area contributed by atoms with Gasteiger partial charge in [-0.1, -0.05) is 32.9 Å². The molecule has 4 fully saturated rings. The Labute approximate surface area is 222 Å². The van der Waals surface area contributed by atoms with Gasteiger partial charge in [0.2, 0.25) is 0 Å². The lowest BCUT2D eigenvalue weighted by molar-refractivity contribution is -0.218. The maximum Gasteiger partial charge on any atom is 0.111 e. The predicted octanol–water partition coefficient (Wildman–Crippen LogP) is 5.64. The van der Waals surface area contributed by atoms with Crippen molar-refractivity contribution in [2.24, 2.45) is 39.9 Å². The second-order valence-corrected chi connectivity index (χ2v) is 13.7. The lowest BCUT2D eigenvalue weighted by atomic mass is 9.44. The van der Waals surface area contributed by atoms with Crippen molar-refractivity contribution in [1.82, 2.24) is 0 Å². The third-order valence-electron chi connectivity index (χ3n) is 12.7. The fraction of sp³-hybridized carbons (Fsp3) is 0.750. The summed E-state index contributed by atoms with van der Waals surface area (Å²) in [6, 6.07) is 6.87. The molecule has 0 amide bonds. The topological polar surface area (TPSA) is 82.0 Å². The summed E-state index contributed by atoms with van der Waals surface area (Å²) in [7, 11) is 1.68. The summed E-state index contributed by atoms with van der Waals surface area (Å²) in [5.41, 5.74) is 2.76. The van der Waals surface area contributed by atoms with E-state index in [4.69, 9.17) is 4.74 Å². The van der Waals surface area contributed by atoms with E-state index in [2.05, 4.69) is 44.3 Å². The van der Waals surface area contributed by atoms with E-state index in [1.54, 1.807) is 13.2 Å². The average Bonchev–Trinajstić information content (AvgIpc) is 3.48. The van der Waals surface area contributed by atoms with Crippen LogP contribution < -0.4 is 5.32 Å². The second-order valence-electron chi connectivity index (χ2n) is 13.7. The van der Waals surface area contributed by atoms with Crippen molar-refractivity contribution in [3.8, 4) is 0 Å². The number of fused-ring (bicyclic) bond motifs is 2. The molecule has 4 saturated carbocycles. The summed E-state index contributed by atoms with van der Waals surface area (Å²) in [6.07, 6.45) is 10.3. The van der Waals surface area contributed by atoms with Crippen LogP contribution in [0.4, 0.5) is 5.69 Å². The zero-order valence-corrected chi connectivity index (χ0v) is 23.4. The van der Waals surface area contributed by atoms with Crippen LogP contribution in [0.2, 0.25) is 0 Å². The molecule has 10 atom stereocenters. The normalized spacial score (nSPS) is 46.4. The van der Waals surface area contributed by atoms with Gasteiger partial charge in [0.15, 0.2) is 0 Å². The summed E-state index contributed by atoms with van der Waals surface area (Å²) in [4.78, 5) is 0. The van der Waals surface area contributed by atoms with Crippen LogP contribution in [0.15, 0.2) is 30.0 Å². The lowest BCUT2D eigenvalue weighted by Crippen LogP contribution is -2.64. The van der Waals surface area contributed by atoms with Crippen LogP contribution in [-0.2, 0) is 17.6 Å². The van der Waals surface area contributed by atoms with Gasteiger partial charge in [0.1, 0.15) is 11.7 Å². The van der Waals surface area contributed by atoms with Gasteiger partial charge >= 0.3 is 0 Å². The zero-order chi connectivity index (χ0) is 26.4. The van der Waals surface area contributed by atoms with Gasteiger partial charge in [-0.25, -0.2) is 0 Å². The number of rotatable bonds is 7. The van der Waals surface area contributed by atoms with Crippen LogP contribution in [0.5, 0.6) is 0 Å². The minimum Gasteiger partial charge on any atom is -0.512 e. The molecule has 6 rings (SSSR count). The summed E-state index contributed by atoms with van der Waals surface area (Å²) in [6.45, 7) is 9.41. The van der Waals surface area contributed by atoms with Gasteiger partial charge in [0.05, 0.1) is 17.8 Å². The molecular formula is C32H47NO4. The van der Waals surface area contributed by atoms with Crippen molar-refractivity contribution in [2.45, 2.75) is 96.9 Å². The molecule has 0 radical (unpaired) electrons. The molecule has 0 aliphatic heterocycles. The number of aliphatic hydroxyl groups is 3. The Balaban J connectivity index is 1.28. The molecule has 204 valence electrons. The van der Waals surface area contributed by atoms with Gasteiger partial charge in [0.25, 0.3) is 0 Å². The maximum absolute atomic E-state index is 12.4. The van der Waals surface area contributed by atoms with E-state index in [1.165, 1.54) is 43.2 Å². The Hall–Kier alpha value is -1.56. The van der Waals surface area contributed by atoms with Crippen LogP contribution in [0.1, 0.15) is 77.3 Å². The Morgan fingerprint density at radius 1 is 1.16 bits per heavy atom. The van der Waals surface area contributed by atoms with Gasteiger partial charge in [-0.05, 0) is 110 Å². The van der Waals surface area contributed by atoms with Crippen molar-refractivity contribution in [2.75, 3.05) is 19.0 Å². The first-order chi connectivity index (χ1) is 17.6. The highest BCUT2D eigenvalue weighted by molar-refractivity contribution is 5.53. The van der Waals surface area contributed by atoms with E-state index in [-0.39, 0.29) is 28.3 Å². The van der Waals surface area contributed by atoms with Gasteiger partial charge in [-0.3, -0.25) is 0 Å². The highest BCUT2D eigenvalue weighted by Gasteiger charge is 2.86. The summed E-state index contributed by atoms with van der Waals surface area (Å²) >= 11 is 0. The fourth-order valence-corrected chi connectivity index (χ4v) is 11.0. The first-order valence-corrected chi connectivity index (χ1v) is 14.7. The molecule has 0 heterocycles. The van der Waals surface area contributed by atoms with Crippen LogP contribution in [0.3, 0.4) is 0 Å². The smallest absolute Gasteiger partial charge is 0.111 e. The number of ether oxygens (including phenoxy) is 1. The highest BCUT2D eigenvalue weighted by Crippen LogP contribution is 2.86. The molecule has 5 heteroatoms. The molecule has 1 spiro atoms. The zero-order valence-electron chi connectivity index (χ0n) is 23.4. The van der Waals surface area contributed by atoms with E-state index < -0.39 is 11.7 Å². The second kappa shape index (κ2) is 8.47. The van der Waals surface area contributed by atoms with Crippen LogP contribution in [-0.4, -0.2) is 46.8 Å². The van der Waals surface area contributed by atoms with Crippen LogP contribution >= 0.6 is 0 Å². The van der Waals surface area contributed by atoms with Crippen molar-refractivity contribution in [3.05, 3.63) is 41.2 Å². The monoisotopic (exact) mass is 509 g/mol. The Morgan fingerprint density at radius 3 is 2.62 bits per heavy atom. The quantitative estimate of drug-likeness (QED) is 0.382. The summed E-state index contributed by atoms with van der Waals surface area (Å²) in [5, 5.41) is 36.7. The minimum atomic E-state index is -1.01. The molecule has 37 heavy (non-hydrogen) atoms. The number of benzene rings is 1. The highest BCUT2D eigenvalue weighted by atomic mass is 16.5. The minimum absolute atomic E-state index is 0.00779. The maximum atomic E-state index is 12.4. The van der Waals surface area contributed by atoms with E-state index in [9.17, 15) is 15.3 Å². The number of hydrogen-bond acceptors (Lipinski definition) is 5. The van der Waals surface area contributed by atoms with Crippen molar-refractivity contribution < 1.29 is 20.1 Å². The fourth-order valence-electron chi connectivity index (χ4n) is 11.0. The average molecular weight is 510 g/mol. The molecular weight excluding hydrogens is 462 g/mol. The third kappa shape index (κ3) is 3.08. The first kappa shape index (κ1) is 25.7. The molecule has 5 aliphatic rings. The van der Waals surface area contributed by atoms with Gasteiger partial charge in [0, 0.05) is 24.8 Å². The summed E-state index contributed by atoms with van der Waals surface area (Å²) in [5.74, 6) is 1.61. The van der Waals surface area contributed by atoms with E-state index in [1.807, 2.05) is 6.92 Å². The molecule has 10 unspecified atom stereocenters. The molecule has 1 aromatic carbocycles. The number of anilines is 1. The molecule has 4 bridgehead atoms. The summed E-state index contributed by atoms with van der Waals surface area (Å²) < 4.78 is 5.83. The Morgan fingerprint density at radius 2 is 1.92 bits per heavy atom. The van der Waals surface area contributed by atoms with Crippen LogP contribution in [0.25, 0.3) is 0 Å². The lowest BCUT2D eigenvalue weighted by Gasteiger charge is -2.61. The number of hydrogen-bond donors (Lipinski definition) is 4. The van der Waals surface area contributed by atoms with E-state index >= 15 is 0 Å².